The lowest BCUT2D eigenvalue weighted by Crippen LogP contribution is -2.11. The minimum Gasteiger partial charge on any atom is -0.495 e. The molecule has 21 heavy (non-hydrogen) atoms. The molecule has 0 aliphatic heterocycles. The Hall–Kier alpha value is -2.95. The monoisotopic (exact) mass is 282 g/mol. The van der Waals surface area contributed by atoms with Crippen molar-refractivity contribution >= 4 is 28.3 Å². The van der Waals surface area contributed by atoms with E-state index in [1.54, 1.807) is 18.2 Å². The van der Waals surface area contributed by atoms with Crippen LogP contribution in [-0.4, -0.2) is 13.0 Å². The van der Waals surface area contributed by atoms with E-state index in [0.29, 0.717) is 28.3 Å². The van der Waals surface area contributed by atoms with Gasteiger partial charge in [0, 0.05) is 17.1 Å². The van der Waals surface area contributed by atoms with Crippen molar-refractivity contribution in [3.8, 4) is 5.75 Å². The van der Waals surface area contributed by atoms with E-state index < -0.39 is 0 Å². The Kier molecular flexibility index (Phi) is 3.23. The van der Waals surface area contributed by atoms with Gasteiger partial charge in [-0.3, -0.25) is 4.79 Å². The molecule has 106 valence electrons. The summed E-state index contributed by atoms with van der Waals surface area (Å²) >= 11 is 0. The molecular formula is C16H14N2O3. The molecule has 0 bridgehead atoms. The number of para-hydroxylation sites is 1. The van der Waals surface area contributed by atoms with Gasteiger partial charge in [-0.1, -0.05) is 18.2 Å². The van der Waals surface area contributed by atoms with Crippen LogP contribution in [0.5, 0.6) is 5.75 Å². The Bertz CT molecular complexity index is 808. The third-order valence-electron chi connectivity index (χ3n) is 3.22. The summed E-state index contributed by atoms with van der Waals surface area (Å²) in [5, 5.41) is 3.58. The maximum atomic E-state index is 12.3. The van der Waals surface area contributed by atoms with Crippen LogP contribution < -0.4 is 15.8 Å². The van der Waals surface area contributed by atoms with Gasteiger partial charge in [-0.25, -0.2) is 0 Å². The Morgan fingerprint density at radius 1 is 1.24 bits per heavy atom. The molecular weight excluding hydrogens is 268 g/mol. The molecule has 1 heterocycles. The van der Waals surface area contributed by atoms with E-state index in [9.17, 15) is 4.79 Å². The van der Waals surface area contributed by atoms with E-state index in [2.05, 4.69) is 5.32 Å². The number of fused-ring (bicyclic) bond motifs is 1. The first-order valence-corrected chi connectivity index (χ1v) is 6.40. The summed E-state index contributed by atoms with van der Waals surface area (Å²) in [5.41, 5.74) is 8.04. The number of hydrogen-bond donors (Lipinski definition) is 2. The standard InChI is InChI=1S/C16H14N2O3/c1-20-15-8-10(6-7-13(15)17)18-16(19)12-9-21-14-5-3-2-4-11(12)14/h2-9H,17H2,1H3,(H,18,19). The third-order valence-corrected chi connectivity index (χ3v) is 3.22. The van der Waals surface area contributed by atoms with E-state index in [1.165, 1.54) is 13.4 Å². The molecule has 5 heteroatoms. The Labute approximate surface area is 121 Å². The molecule has 0 aliphatic carbocycles. The zero-order valence-corrected chi connectivity index (χ0v) is 11.4. The lowest BCUT2D eigenvalue weighted by atomic mass is 10.1. The zero-order valence-electron chi connectivity index (χ0n) is 11.4. The molecule has 0 saturated heterocycles. The minimum atomic E-state index is -0.244. The van der Waals surface area contributed by atoms with Crippen LogP contribution in [0.2, 0.25) is 0 Å². The van der Waals surface area contributed by atoms with Crippen molar-refractivity contribution in [3.63, 3.8) is 0 Å². The highest BCUT2D eigenvalue weighted by atomic mass is 16.5. The van der Waals surface area contributed by atoms with Crippen LogP contribution in [-0.2, 0) is 0 Å². The van der Waals surface area contributed by atoms with Crippen LogP contribution in [0.4, 0.5) is 11.4 Å². The van der Waals surface area contributed by atoms with Gasteiger partial charge in [0.15, 0.2) is 0 Å². The van der Waals surface area contributed by atoms with Crippen LogP contribution in [0, 0.1) is 0 Å². The number of nitrogens with two attached hydrogens (primary N) is 1. The molecule has 0 saturated carbocycles. The van der Waals surface area contributed by atoms with Gasteiger partial charge in [0.25, 0.3) is 5.91 Å². The molecule has 0 fully saturated rings. The van der Waals surface area contributed by atoms with Gasteiger partial charge < -0.3 is 20.2 Å². The van der Waals surface area contributed by atoms with Crippen LogP contribution in [0.15, 0.2) is 53.1 Å². The number of anilines is 2. The minimum absolute atomic E-state index is 0.244. The predicted molar refractivity (Wildman–Crippen MR) is 81.6 cm³/mol. The molecule has 0 radical (unpaired) electrons. The topological polar surface area (TPSA) is 77.5 Å². The molecule has 1 amide bonds. The van der Waals surface area contributed by atoms with E-state index >= 15 is 0 Å². The van der Waals surface area contributed by atoms with Crippen molar-refractivity contribution in [3.05, 3.63) is 54.3 Å². The fraction of sp³-hybridized carbons (Fsp3) is 0.0625. The number of ether oxygens (including phenoxy) is 1. The second-order valence-electron chi connectivity index (χ2n) is 4.56. The summed E-state index contributed by atoms with van der Waals surface area (Å²) in [5.74, 6) is 0.275. The number of nitrogen functional groups attached to an aromatic ring is 1. The summed E-state index contributed by atoms with van der Waals surface area (Å²) in [6.45, 7) is 0. The third kappa shape index (κ3) is 2.41. The van der Waals surface area contributed by atoms with E-state index in [4.69, 9.17) is 14.9 Å². The van der Waals surface area contributed by atoms with Crippen LogP contribution in [0.3, 0.4) is 0 Å². The van der Waals surface area contributed by atoms with Gasteiger partial charge in [0.05, 0.1) is 18.4 Å². The lowest BCUT2D eigenvalue weighted by Gasteiger charge is -2.08. The predicted octanol–water partition coefficient (Wildman–Crippen LogP) is 3.28. The fourth-order valence-corrected chi connectivity index (χ4v) is 2.14. The number of methoxy groups -OCH3 is 1. The summed E-state index contributed by atoms with van der Waals surface area (Å²) in [6.07, 6.45) is 1.45. The number of carbonyl (C=O) groups excluding carboxylic acids is 1. The number of furan rings is 1. The maximum Gasteiger partial charge on any atom is 0.259 e. The van der Waals surface area contributed by atoms with Gasteiger partial charge in [-0.05, 0) is 18.2 Å². The van der Waals surface area contributed by atoms with Crippen molar-refractivity contribution < 1.29 is 13.9 Å². The number of nitrogens with one attached hydrogen (secondary N) is 1. The van der Waals surface area contributed by atoms with E-state index in [1.807, 2.05) is 24.3 Å². The molecule has 5 nitrogen and oxygen atoms in total. The zero-order chi connectivity index (χ0) is 14.8. The summed E-state index contributed by atoms with van der Waals surface area (Å²) in [7, 11) is 1.53. The molecule has 0 unspecified atom stereocenters. The SMILES string of the molecule is COc1cc(NC(=O)c2coc3ccccc23)ccc1N. The molecule has 0 spiro atoms. The smallest absolute Gasteiger partial charge is 0.259 e. The largest absolute Gasteiger partial charge is 0.495 e. The number of amides is 1. The van der Waals surface area contributed by atoms with E-state index in [0.717, 1.165) is 5.39 Å². The van der Waals surface area contributed by atoms with Crippen LogP contribution >= 0.6 is 0 Å². The first-order chi connectivity index (χ1) is 10.2. The Morgan fingerprint density at radius 3 is 2.86 bits per heavy atom. The average Bonchev–Trinajstić information content (AvgIpc) is 2.93. The first kappa shape index (κ1) is 13.1. The molecule has 3 rings (SSSR count). The number of carbonyl (C=O) groups is 1. The maximum absolute atomic E-state index is 12.3. The van der Waals surface area contributed by atoms with Crippen molar-refractivity contribution in [2.75, 3.05) is 18.2 Å². The van der Waals surface area contributed by atoms with E-state index in [-0.39, 0.29) is 5.91 Å². The molecule has 0 aliphatic rings. The number of rotatable bonds is 3. The second-order valence-corrected chi connectivity index (χ2v) is 4.56. The molecule has 1 aromatic heterocycles. The number of hydrogen-bond acceptors (Lipinski definition) is 4. The highest BCUT2D eigenvalue weighted by Gasteiger charge is 2.14. The Morgan fingerprint density at radius 2 is 2.05 bits per heavy atom. The summed E-state index contributed by atoms with van der Waals surface area (Å²) < 4.78 is 10.5. The molecule has 3 N–H and O–H groups in total. The summed E-state index contributed by atoms with van der Waals surface area (Å²) in [4.78, 5) is 12.3. The average molecular weight is 282 g/mol. The number of benzene rings is 2. The van der Waals surface area contributed by atoms with Crippen molar-refractivity contribution in [1.82, 2.24) is 0 Å². The van der Waals surface area contributed by atoms with Gasteiger partial charge in [0.1, 0.15) is 17.6 Å². The van der Waals surface area contributed by atoms with Gasteiger partial charge in [-0.15, -0.1) is 0 Å². The molecule has 2 aromatic carbocycles. The van der Waals surface area contributed by atoms with Gasteiger partial charge in [-0.2, -0.15) is 0 Å². The van der Waals surface area contributed by atoms with Crippen molar-refractivity contribution in [1.29, 1.82) is 0 Å². The summed E-state index contributed by atoms with van der Waals surface area (Å²) in [6, 6.07) is 12.5. The Balaban J connectivity index is 1.89. The van der Waals surface area contributed by atoms with Crippen molar-refractivity contribution in [2.24, 2.45) is 0 Å². The normalized spacial score (nSPS) is 10.5. The van der Waals surface area contributed by atoms with Crippen molar-refractivity contribution in [2.45, 2.75) is 0 Å². The van der Waals surface area contributed by atoms with Gasteiger partial charge in [0.2, 0.25) is 0 Å². The highest BCUT2D eigenvalue weighted by molar-refractivity contribution is 6.12. The highest BCUT2D eigenvalue weighted by Crippen LogP contribution is 2.26. The fourth-order valence-electron chi connectivity index (χ4n) is 2.14. The molecule has 3 aromatic rings. The molecule has 0 atom stereocenters. The van der Waals surface area contributed by atoms with Crippen LogP contribution in [0.1, 0.15) is 10.4 Å². The van der Waals surface area contributed by atoms with Crippen LogP contribution in [0.25, 0.3) is 11.0 Å². The second kappa shape index (κ2) is 5.20. The lowest BCUT2D eigenvalue weighted by molar-refractivity contribution is 0.102. The van der Waals surface area contributed by atoms with Gasteiger partial charge >= 0.3 is 0 Å². The quantitative estimate of drug-likeness (QED) is 0.723. The first-order valence-electron chi connectivity index (χ1n) is 6.40.